The normalized spacial score (nSPS) is 14.3. The number of carbonyl (C=O) groups is 1. The molecule has 0 heterocycles. The largest absolute Gasteiger partial charge is 0.483 e. The van der Waals surface area contributed by atoms with Gasteiger partial charge in [0.2, 0.25) is 0 Å². The number of amides is 1. The Morgan fingerprint density at radius 3 is 2.81 bits per heavy atom. The van der Waals surface area contributed by atoms with Crippen LogP contribution in [-0.2, 0) is 11.3 Å². The molecule has 21 heavy (non-hydrogen) atoms. The van der Waals surface area contributed by atoms with E-state index in [1.807, 2.05) is 26.0 Å². The summed E-state index contributed by atoms with van der Waals surface area (Å²) in [4.78, 5) is 13.6. The van der Waals surface area contributed by atoms with Crippen LogP contribution in [0.3, 0.4) is 0 Å². The molecule has 0 spiro atoms. The van der Waals surface area contributed by atoms with Gasteiger partial charge in [0.25, 0.3) is 5.91 Å². The molecule has 1 saturated carbocycles. The average Bonchev–Trinajstić information content (AvgIpc) is 3.26. The van der Waals surface area contributed by atoms with Crippen molar-refractivity contribution in [1.29, 1.82) is 0 Å². The van der Waals surface area contributed by atoms with Gasteiger partial charge in [0, 0.05) is 36.3 Å². The van der Waals surface area contributed by atoms with Gasteiger partial charge in [-0.05, 0) is 44.9 Å². The molecule has 5 heteroatoms. The molecule has 0 aromatic heterocycles. The minimum atomic E-state index is -0.0268. The molecule has 4 nitrogen and oxygen atoms in total. The number of nitrogens with one attached hydrogen (secondary N) is 1. The Bertz CT molecular complexity index is 501. The Balaban J connectivity index is 1.96. The van der Waals surface area contributed by atoms with Gasteiger partial charge in [0.1, 0.15) is 5.75 Å². The van der Waals surface area contributed by atoms with Crippen molar-refractivity contribution < 1.29 is 9.53 Å². The number of hydrogen-bond donors (Lipinski definition) is 1. The van der Waals surface area contributed by atoms with E-state index in [0.29, 0.717) is 11.1 Å². The predicted molar refractivity (Wildman–Crippen MR) is 84.7 cm³/mol. The monoisotopic (exact) mass is 310 g/mol. The van der Waals surface area contributed by atoms with Crippen molar-refractivity contribution in [2.24, 2.45) is 0 Å². The fourth-order valence-electron chi connectivity index (χ4n) is 1.90. The third-order valence-corrected chi connectivity index (χ3v) is 3.94. The van der Waals surface area contributed by atoms with Crippen molar-refractivity contribution in [3.8, 4) is 5.75 Å². The lowest BCUT2D eigenvalue weighted by Gasteiger charge is -2.22. The summed E-state index contributed by atoms with van der Waals surface area (Å²) in [6, 6.07) is 6.29. The van der Waals surface area contributed by atoms with Gasteiger partial charge in [-0.1, -0.05) is 11.6 Å². The quantitative estimate of drug-likeness (QED) is 0.842. The number of rotatable bonds is 7. The second-order valence-corrected chi connectivity index (χ2v) is 6.23. The minimum absolute atomic E-state index is 0.0268. The van der Waals surface area contributed by atoms with Crippen LogP contribution in [0.25, 0.3) is 0 Å². The lowest BCUT2D eigenvalue weighted by Crippen LogP contribution is -2.36. The van der Waals surface area contributed by atoms with Crippen molar-refractivity contribution in [2.45, 2.75) is 45.3 Å². The first-order valence-electron chi connectivity index (χ1n) is 7.37. The molecule has 0 aliphatic heterocycles. The molecule has 0 unspecified atom stereocenters. The summed E-state index contributed by atoms with van der Waals surface area (Å²) < 4.78 is 5.69. The Hall–Kier alpha value is -1.26. The van der Waals surface area contributed by atoms with Gasteiger partial charge in [-0.15, -0.1) is 0 Å². The molecule has 0 saturated heterocycles. The summed E-state index contributed by atoms with van der Waals surface area (Å²) in [5, 5.41) is 4.12. The number of carbonyl (C=O) groups excluding carboxylic acids is 1. The summed E-state index contributed by atoms with van der Waals surface area (Å²) in [5.74, 6) is 0.694. The summed E-state index contributed by atoms with van der Waals surface area (Å²) in [6.07, 6.45) is 2.46. The molecule has 116 valence electrons. The Kier molecular flexibility index (Phi) is 5.48. The van der Waals surface area contributed by atoms with Gasteiger partial charge in [0.05, 0.1) is 0 Å². The van der Waals surface area contributed by atoms with E-state index in [-0.39, 0.29) is 18.6 Å². The van der Waals surface area contributed by atoms with E-state index < -0.39 is 0 Å². The number of benzene rings is 1. The molecule has 0 radical (unpaired) electrons. The highest BCUT2D eigenvalue weighted by molar-refractivity contribution is 6.30. The molecule has 1 amide bonds. The second-order valence-electron chi connectivity index (χ2n) is 5.79. The fraction of sp³-hybridized carbons (Fsp3) is 0.562. The molecule has 2 rings (SSSR count). The van der Waals surface area contributed by atoms with Crippen molar-refractivity contribution in [3.63, 3.8) is 0 Å². The van der Waals surface area contributed by atoms with Crippen LogP contribution < -0.4 is 10.1 Å². The van der Waals surface area contributed by atoms with Crippen molar-refractivity contribution in [1.82, 2.24) is 10.2 Å². The standard InChI is InChI=1S/C16H23ClN2O2/c1-11(2)19(3)16(20)10-21-15-7-4-13(17)8-12(15)9-18-14-5-6-14/h4,7-8,11,14,18H,5-6,9-10H2,1-3H3. The number of nitrogens with zero attached hydrogens (tertiary/aromatic N) is 1. The molecule has 0 bridgehead atoms. The summed E-state index contributed by atoms with van der Waals surface area (Å²) in [6.45, 7) is 4.72. The predicted octanol–water partition coefficient (Wildman–Crippen LogP) is 2.84. The Morgan fingerprint density at radius 2 is 2.19 bits per heavy atom. The zero-order valence-corrected chi connectivity index (χ0v) is 13.6. The van der Waals surface area contributed by atoms with Crippen LogP contribution >= 0.6 is 11.6 Å². The highest BCUT2D eigenvalue weighted by Gasteiger charge is 2.21. The maximum absolute atomic E-state index is 12.0. The van der Waals surface area contributed by atoms with Crippen LogP contribution in [0.1, 0.15) is 32.3 Å². The molecule has 1 aliphatic carbocycles. The lowest BCUT2D eigenvalue weighted by atomic mass is 10.2. The van der Waals surface area contributed by atoms with Gasteiger partial charge >= 0.3 is 0 Å². The lowest BCUT2D eigenvalue weighted by molar-refractivity contribution is -0.133. The smallest absolute Gasteiger partial charge is 0.260 e. The first-order valence-corrected chi connectivity index (χ1v) is 7.75. The summed E-state index contributed by atoms with van der Waals surface area (Å²) in [7, 11) is 1.79. The van der Waals surface area contributed by atoms with Gasteiger partial charge in [0.15, 0.2) is 6.61 Å². The van der Waals surface area contributed by atoms with E-state index in [1.54, 1.807) is 18.0 Å². The molecule has 1 aromatic rings. The third kappa shape index (κ3) is 4.90. The highest BCUT2D eigenvalue weighted by Crippen LogP contribution is 2.25. The number of hydrogen-bond acceptors (Lipinski definition) is 3. The highest BCUT2D eigenvalue weighted by atomic mass is 35.5. The molecular formula is C16H23ClN2O2. The van der Waals surface area contributed by atoms with Crippen LogP contribution in [0, 0.1) is 0 Å². The molecule has 0 atom stereocenters. The molecule has 1 aromatic carbocycles. The fourth-order valence-corrected chi connectivity index (χ4v) is 2.09. The van der Waals surface area contributed by atoms with Crippen molar-refractivity contribution >= 4 is 17.5 Å². The van der Waals surface area contributed by atoms with Gasteiger partial charge in [-0.2, -0.15) is 0 Å². The summed E-state index contributed by atoms with van der Waals surface area (Å²) in [5.41, 5.74) is 0.995. The van der Waals surface area contributed by atoms with Gasteiger partial charge in [-0.3, -0.25) is 4.79 Å². The van der Waals surface area contributed by atoms with Crippen LogP contribution in [0.2, 0.25) is 5.02 Å². The molecule has 1 fully saturated rings. The van der Waals surface area contributed by atoms with E-state index >= 15 is 0 Å². The van der Waals surface area contributed by atoms with Gasteiger partial charge < -0.3 is 15.0 Å². The van der Waals surface area contributed by atoms with E-state index in [4.69, 9.17) is 16.3 Å². The van der Waals surface area contributed by atoms with Crippen LogP contribution in [0.5, 0.6) is 5.75 Å². The topological polar surface area (TPSA) is 41.6 Å². The minimum Gasteiger partial charge on any atom is -0.483 e. The van der Waals surface area contributed by atoms with Crippen molar-refractivity contribution in [2.75, 3.05) is 13.7 Å². The first-order chi connectivity index (χ1) is 9.97. The SMILES string of the molecule is CC(C)N(C)C(=O)COc1ccc(Cl)cc1CNC1CC1. The third-order valence-electron chi connectivity index (χ3n) is 3.70. The van der Waals surface area contributed by atoms with Crippen LogP contribution in [0.4, 0.5) is 0 Å². The van der Waals surface area contributed by atoms with E-state index in [9.17, 15) is 4.79 Å². The van der Waals surface area contributed by atoms with Crippen molar-refractivity contribution in [3.05, 3.63) is 28.8 Å². The number of ether oxygens (including phenoxy) is 1. The van der Waals surface area contributed by atoms with E-state index in [2.05, 4.69) is 5.32 Å². The molecule has 1 aliphatic rings. The van der Waals surface area contributed by atoms with E-state index in [0.717, 1.165) is 17.9 Å². The zero-order chi connectivity index (χ0) is 15.4. The Morgan fingerprint density at radius 1 is 1.48 bits per heavy atom. The molecular weight excluding hydrogens is 288 g/mol. The second kappa shape index (κ2) is 7.14. The maximum atomic E-state index is 12.0. The number of halogens is 1. The van der Waals surface area contributed by atoms with Gasteiger partial charge in [-0.25, -0.2) is 0 Å². The van der Waals surface area contributed by atoms with Crippen LogP contribution in [-0.4, -0.2) is 36.5 Å². The molecule has 1 N–H and O–H groups in total. The van der Waals surface area contributed by atoms with E-state index in [1.165, 1.54) is 12.8 Å². The maximum Gasteiger partial charge on any atom is 0.260 e. The zero-order valence-electron chi connectivity index (χ0n) is 12.9. The summed E-state index contributed by atoms with van der Waals surface area (Å²) >= 11 is 6.04. The first kappa shape index (κ1) is 16.1. The van der Waals surface area contributed by atoms with Crippen LogP contribution in [0.15, 0.2) is 18.2 Å². The number of likely N-dealkylation sites (N-methyl/N-ethyl adjacent to an activating group) is 1. The Labute approximate surface area is 131 Å². The average molecular weight is 311 g/mol.